The first-order chi connectivity index (χ1) is 17.1. The first kappa shape index (κ1) is 24.9. The third-order valence-electron chi connectivity index (χ3n) is 7.24. The summed E-state index contributed by atoms with van der Waals surface area (Å²) in [5.74, 6) is 2.13. The van der Waals surface area contributed by atoms with E-state index in [-0.39, 0.29) is 31.8 Å². The van der Waals surface area contributed by atoms with Gasteiger partial charge in [0, 0.05) is 5.41 Å². The molecule has 1 N–H and O–H groups in total. The highest BCUT2D eigenvalue weighted by atomic mass is 16.5. The largest absolute Gasteiger partial charge is 0.492 e. The van der Waals surface area contributed by atoms with Gasteiger partial charge in [0.25, 0.3) is 0 Å². The predicted molar refractivity (Wildman–Crippen MR) is 139 cm³/mol. The van der Waals surface area contributed by atoms with Crippen LogP contribution in [0.1, 0.15) is 67.2 Å². The van der Waals surface area contributed by atoms with Gasteiger partial charge in [0.2, 0.25) is 0 Å². The lowest BCUT2D eigenvalue weighted by molar-refractivity contribution is 0.201. The van der Waals surface area contributed by atoms with Crippen molar-refractivity contribution >= 4 is 0 Å². The van der Waals surface area contributed by atoms with Crippen molar-refractivity contribution in [3.05, 3.63) is 100.0 Å². The van der Waals surface area contributed by atoms with Gasteiger partial charge in [0.15, 0.2) is 0 Å². The van der Waals surface area contributed by atoms with Crippen LogP contribution in [0.15, 0.2) is 78.0 Å². The number of nitrogens with zero attached hydrogens (tertiary/aromatic N) is 1. The summed E-state index contributed by atoms with van der Waals surface area (Å²) in [6, 6.07) is 25.4. The molecule has 0 aromatic heterocycles. The molecular weight excluding hydrogens is 438 g/mol. The summed E-state index contributed by atoms with van der Waals surface area (Å²) in [5, 5.41) is 11.9. The molecule has 0 spiro atoms. The molecule has 1 aliphatic rings. The Morgan fingerprint density at radius 3 is 1.74 bits per heavy atom. The van der Waals surface area contributed by atoms with Gasteiger partial charge < -0.3 is 14.6 Å². The Morgan fingerprint density at radius 2 is 1.26 bits per heavy atom. The van der Waals surface area contributed by atoms with Gasteiger partial charge in [-0.25, -0.2) is 0 Å². The molecule has 0 saturated heterocycles. The molecule has 4 rings (SSSR count). The first-order valence-electron chi connectivity index (χ1n) is 12.6. The van der Waals surface area contributed by atoms with Gasteiger partial charge in [-0.1, -0.05) is 73.0 Å². The van der Waals surface area contributed by atoms with Gasteiger partial charge in [0.05, 0.1) is 6.61 Å². The van der Waals surface area contributed by atoms with Crippen molar-refractivity contribution in [2.45, 2.75) is 50.4 Å². The van der Waals surface area contributed by atoms with Crippen LogP contribution in [0.4, 0.5) is 0 Å². The van der Waals surface area contributed by atoms with Crippen molar-refractivity contribution in [2.24, 2.45) is 5.18 Å². The highest BCUT2D eigenvalue weighted by Gasteiger charge is 2.31. The molecule has 1 fully saturated rings. The number of rotatable bonds is 11. The average Bonchev–Trinajstić information content (AvgIpc) is 2.93. The number of ether oxygens (including phenoxy) is 2. The number of benzene rings is 3. The highest BCUT2D eigenvalue weighted by Crippen LogP contribution is 2.41. The van der Waals surface area contributed by atoms with E-state index in [0.29, 0.717) is 5.92 Å². The zero-order valence-electron chi connectivity index (χ0n) is 20.5. The molecular formula is C30H35NO4. The Kier molecular flexibility index (Phi) is 8.54. The molecule has 184 valence electrons. The zero-order chi connectivity index (χ0) is 24.5. The average molecular weight is 474 g/mol. The first-order valence-corrected chi connectivity index (χ1v) is 12.6. The molecule has 1 unspecified atom stereocenters. The van der Waals surface area contributed by atoms with E-state index in [4.69, 9.17) is 14.6 Å². The van der Waals surface area contributed by atoms with E-state index < -0.39 is 0 Å². The summed E-state index contributed by atoms with van der Waals surface area (Å²) in [5.41, 5.74) is 4.57. The SMILES string of the molecule is CC(c1ccc(OCCO)cc1)(c1ccc(OCCN=O)cc1)c1ccc(C2CCCCC2)cc1. The van der Waals surface area contributed by atoms with E-state index in [0.717, 1.165) is 22.6 Å². The number of hydrogen-bond donors (Lipinski definition) is 1. The van der Waals surface area contributed by atoms with E-state index in [1.165, 1.54) is 43.2 Å². The molecule has 1 saturated carbocycles. The van der Waals surface area contributed by atoms with Crippen molar-refractivity contribution in [2.75, 3.05) is 26.4 Å². The summed E-state index contributed by atoms with van der Waals surface area (Å²) in [4.78, 5) is 10.4. The van der Waals surface area contributed by atoms with Crippen LogP contribution < -0.4 is 9.47 Å². The van der Waals surface area contributed by atoms with Crippen molar-refractivity contribution < 1.29 is 14.6 Å². The Balaban J connectivity index is 1.67. The summed E-state index contributed by atoms with van der Waals surface area (Å²) in [7, 11) is 0. The fraction of sp³-hybridized carbons (Fsp3) is 0.400. The third kappa shape index (κ3) is 5.91. The van der Waals surface area contributed by atoms with E-state index in [1.807, 2.05) is 24.3 Å². The van der Waals surface area contributed by atoms with Gasteiger partial charge >= 0.3 is 0 Å². The Morgan fingerprint density at radius 1 is 0.771 bits per heavy atom. The third-order valence-corrected chi connectivity index (χ3v) is 7.24. The highest BCUT2D eigenvalue weighted by molar-refractivity contribution is 5.51. The quantitative estimate of drug-likeness (QED) is 0.193. The molecule has 0 aliphatic heterocycles. The number of aliphatic hydroxyl groups excluding tert-OH is 1. The molecule has 1 aliphatic carbocycles. The van der Waals surface area contributed by atoms with Gasteiger partial charge in [-0.05, 0) is 72.2 Å². The van der Waals surface area contributed by atoms with E-state index >= 15 is 0 Å². The van der Waals surface area contributed by atoms with Crippen LogP contribution in [0.5, 0.6) is 11.5 Å². The molecule has 0 radical (unpaired) electrons. The van der Waals surface area contributed by atoms with E-state index in [1.54, 1.807) is 0 Å². The molecule has 3 aromatic carbocycles. The normalized spacial score (nSPS) is 15.8. The summed E-state index contributed by atoms with van der Waals surface area (Å²) in [6.07, 6.45) is 6.58. The Bertz CT molecular complexity index is 1060. The Hall–Kier alpha value is -3.18. The molecule has 1 atom stereocenters. The van der Waals surface area contributed by atoms with Crippen molar-refractivity contribution in [3.8, 4) is 11.5 Å². The number of aliphatic hydroxyl groups is 1. The minimum atomic E-state index is -0.385. The van der Waals surface area contributed by atoms with Crippen LogP contribution in [0.25, 0.3) is 0 Å². The van der Waals surface area contributed by atoms with E-state index in [2.05, 4.69) is 60.6 Å². The topological polar surface area (TPSA) is 68.1 Å². The molecule has 5 nitrogen and oxygen atoms in total. The van der Waals surface area contributed by atoms with Crippen LogP contribution in [0.3, 0.4) is 0 Å². The fourth-order valence-electron chi connectivity index (χ4n) is 5.16. The van der Waals surface area contributed by atoms with Crippen molar-refractivity contribution in [3.63, 3.8) is 0 Å². The van der Waals surface area contributed by atoms with Crippen molar-refractivity contribution in [1.29, 1.82) is 0 Å². The minimum absolute atomic E-state index is 0.00978. The lowest BCUT2D eigenvalue weighted by Gasteiger charge is -2.33. The van der Waals surface area contributed by atoms with Crippen LogP contribution in [-0.4, -0.2) is 31.5 Å². The van der Waals surface area contributed by atoms with Crippen LogP contribution in [-0.2, 0) is 5.41 Å². The van der Waals surface area contributed by atoms with Gasteiger partial charge in [0.1, 0.15) is 31.3 Å². The van der Waals surface area contributed by atoms with Gasteiger partial charge in [-0.3, -0.25) is 0 Å². The van der Waals surface area contributed by atoms with E-state index in [9.17, 15) is 4.91 Å². The maximum absolute atomic E-state index is 10.4. The lowest BCUT2D eigenvalue weighted by atomic mass is 9.70. The lowest BCUT2D eigenvalue weighted by Crippen LogP contribution is -2.25. The predicted octanol–water partition coefficient (Wildman–Crippen LogP) is 6.60. The number of nitroso groups, excluding NO2 is 1. The van der Waals surface area contributed by atoms with Gasteiger partial charge in [-0.2, -0.15) is 4.91 Å². The monoisotopic (exact) mass is 473 g/mol. The second kappa shape index (κ2) is 12.0. The maximum Gasteiger partial charge on any atom is 0.119 e. The molecule has 5 heteroatoms. The zero-order valence-corrected chi connectivity index (χ0v) is 20.5. The fourth-order valence-corrected chi connectivity index (χ4v) is 5.16. The standard InChI is InChI=1S/C30H35NO4/c1-30(27-13-17-29(18-14-27)35-22-20-32,26-11-15-28(16-12-26)34-21-19-31-33)25-9-7-24(8-10-25)23-5-3-2-4-6-23/h7-18,23,32H,2-6,19-22H2,1H3. The van der Waals surface area contributed by atoms with Crippen LogP contribution >= 0.6 is 0 Å². The summed E-state index contributed by atoms with van der Waals surface area (Å²) < 4.78 is 11.2. The summed E-state index contributed by atoms with van der Waals surface area (Å²) in [6.45, 7) is 2.93. The maximum atomic E-state index is 10.4. The second-order valence-corrected chi connectivity index (χ2v) is 9.40. The van der Waals surface area contributed by atoms with Gasteiger partial charge in [-0.15, -0.1) is 0 Å². The van der Waals surface area contributed by atoms with Crippen LogP contribution in [0, 0.1) is 4.91 Å². The van der Waals surface area contributed by atoms with Crippen molar-refractivity contribution in [1.82, 2.24) is 0 Å². The second-order valence-electron chi connectivity index (χ2n) is 9.40. The molecule has 0 amide bonds. The molecule has 3 aromatic rings. The molecule has 35 heavy (non-hydrogen) atoms. The van der Waals surface area contributed by atoms with Crippen LogP contribution in [0.2, 0.25) is 0 Å². The summed E-state index contributed by atoms with van der Waals surface area (Å²) >= 11 is 0. The smallest absolute Gasteiger partial charge is 0.119 e. The number of hydrogen-bond acceptors (Lipinski definition) is 5. The Labute approximate surface area is 208 Å². The molecule has 0 bridgehead atoms. The molecule has 0 heterocycles. The minimum Gasteiger partial charge on any atom is -0.492 e.